The van der Waals surface area contributed by atoms with Crippen molar-refractivity contribution in [3.8, 4) is 0 Å². The van der Waals surface area contributed by atoms with Crippen LogP contribution in [0.3, 0.4) is 0 Å². The molecule has 0 saturated heterocycles. The first-order chi connectivity index (χ1) is 16.7. The van der Waals surface area contributed by atoms with Gasteiger partial charge >= 0.3 is 10.3 Å². The van der Waals surface area contributed by atoms with Gasteiger partial charge in [-0.05, 0) is 53.9 Å². The lowest BCUT2D eigenvalue weighted by Gasteiger charge is -2.15. The van der Waals surface area contributed by atoms with E-state index in [0.717, 1.165) is 5.69 Å². The number of anilines is 1. The molecular formula is C21H24BrN7O5S. The number of pyridine rings is 1. The van der Waals surface area contributed by atoms with Gasteiger partial charge in [0.2, 0.25) is 5.78 Å². The van der Waals surface area contributed by atoms with Crippen molar-refractivity contribution in [3.05, 3.63) is 64.5 Å². The molecule has 1 saturated carbocycles. The second-order valence-electron chi connectivity index (χ2n) is 8.03. The van der Waals surface area contributed by atoms with Crippen LogP contribution in [0.5, 0.6) is 0 Å². The first-order valence-electron chi connectivity index (χ1n) is 10.8. The Balaban J connectivity index is 1.49. The zero-order valence-electron chi connectivity index (χ0n) is 18.9. The number of nitrogens with one attached hydrogen (secondary N) is 2. The average Bonchev–Trinajstić information content (AvgIpc) is 3.45. The topological polar surface area (TPSA) is 161 Å². The van der Waals surface area contributed by atoms with Crippen molar-refractivity contribution in [1.82, 2.24) is 29.5 Å². The molecule has 0 bridgehead atoms. The third-order valence-electron chi connectivity index (χ3n) is 5.67. The Labute approximate surface area is 210 Å². The van der Waals surface area contributed by atoms with Crippen molar-refractivity contribution < 1.29 is 22.5 Å². The number of aliphatic hydroxyl groups is 1. The van der Waals surface area contributed by atoms with Gasteiger partial charge in [-0.3, -0.25) is 13.7 Å². The van der Waals surface area contributed by atoms with Crippen molar-refractivity contribution in [1.29, 1.82) is 0 Å². The number of aliphatic hydroxyl groups excluding tert-OH is 1. The van der Waals surface area contributed by atoms with Crippen molar-refractivity contribution in [2.24, 2.45) is 0 Å². The molecule has 0 radical (unpaired) electrons. The number of ketones is 1. The number of carbonyl (C=O) groups is 1. The lowest BCUT2D eigenvalue weighted by molar-refractivity contribution is 0.0636. The average molecular weight is 566 g/mol. The maximum Gasteiger partial charge on any atom is 0.335 e. The third kappa shape index (κ3) is 5.90. The Bertz CT molecular complexity index is 1320. The van der Waals surface area contributed by atoms with Crippen LogP contribution in [0.1, 0.15) is 47.6 Å². The molecule has 4 rings (SSSR count). The van der Waals surface area contributed by atoms with Gasteiger partial charge in [-0.1, -0.05) is 6.07 Å². The van der Waals surface area contributed by atoms with E-state index in [9.17, 15) is 18.3 Å². The molecule has 0 spiro atoms. The van der Waals surface area contributed by atoms with Gasteiger partial charge in [0.15, 0.2) is 0 Å². The van der Waals surface area contributed by atoms with Crippen LogP contribution in [0.2, 0.25) is 0 Å². The molecule has 3 heterocycles. The Hall–Kier alpha value is -2.78. The van der Waals surface area contributed by atoms with E-state index < -0.39 is 22.5 Å². The van der Waals surface area contributed by atoms with Gasteiger partial charge in [-0.2, -0.15) is 18.2 Å². The van der Waals surface area contributed by atoms with Crippen molar-refractivity contribution >= 4 is 37.8 Å². The number of hydrogen-bond acceptors (Lipinski definition) is 10. The van der Waals surface area contributed by atoms with Gasteiger partial charge in [-0.25, -0.2) is 15.0 Å². The molecule has 0 amide bonds. The minimum absolute atomic E-state index is 0.200. The van der Waals surface area contributed by atoms with Crippen LogP contribution in [0.25, 0.3) is 0 Å². The maximum atomic E-state index is 13.2. The van der Waals surface area contributed by atoms with Crippen LogP contribution >= 0.6 is 15.9 Å². The summed E-state index contributed by atoms with van der Waals surface area (Å²) >= 11 is 3.36. The fraction of sp³-hybridized carbons (Fsp3) is 0.381. The zero-order valence-corrected chi connectivity index (χ0v) is 21.3. The van der Waals surface area contributed by atoms with E-state index in [-0.39, 0.29) is 47.8 Å². The zero-order chi connectivity index (χ0) is 25.2. The Morgan fingerprint density at radius 1 is 1.31 bits per heavy atom. The highest BCUT2D eigenvalue weighted by Gasteiger charge is 2.37. The molecule has 14 heteroatoms. The van der Waals surface area contributed by atoms with E-state index >= 15 is 0 Å². The molecule has 4 atom stereocenters. The standard InChI is InChI=1S/C21H24BrN7O5S/c1-12(15-4-3-5-19(22)27-15)29-7-6-16(28-29)20(31)14-10-24-11-25-21(14)26-13-8-17(30)18(9-13)34-35(32,33)23-2/h3-7,10-13,17-18,23,30H,8-9H2,1-2H3,(H,24,25,26)/t12-,13-,17+,18-/m1/s1. The van der Waals surface area contributed by atoms with Crippen LogP contribution in [-0.2, 0) is 14.5 Å². The number of carbonyl (C=O) groups excluding carboxylic acids is 1. The fourth-order valence-electron chi connectivity index (χ4n) is 3.82. The normalized spacial score (nSPS) is 21.1. The molecule has 1 aliphatic carbocycles. The van der Waals surface area contributed by atoms with Gasteiger partial charge in [0.25, 0.3) is 0 Å². The first kappa shape index (κ1) is 25.3. The largest absolute Gasteiger partial charge is 0.390 e. The van der Waals surface area contributed by atoms with E-state index in [4.69, 9.17) is 4.18 Å². The Kier molecular flexibility index (Phi) is 7.56. The first-order valence-corrected chi connectivity index (χ1v) is 13.0. The molecule has 0 aliphatic heterocycles. The maximum absolute atomic E-state index is 13.2. The monoisotopic (exact) mass is 565 g/mol. The quantitative estimate of drug-likeness (QED) is 0.255. The highest BCUT2D eigenvalue weighted by atomic mass is 79.9. The van der Waals surface area contributed by atoms with Crippen molar-refractivity contribution in [2.75, 3.05) is 12.4 Å². The number of aromatic nitrogens is 5. The molecule has 0 unspecified atom stereocenters. The number of nitrogens with zero attached hydrogens (tertiary/aromatic N) is 5. The van der Waals surface area contributed by atoms with Crippen molar-refractivity contribution in [2.45, 2.75) is 44.1 Å². The summed E-state index contributed by atoms with van der Waals surface area (Å²) in [4.78, 5) is 25.8. The highest BCUT2D eigenvalue weighted by Crippen LogP contribution is 2.28. The number of hydrogen-bond donors (Lipinski definition) is 3. The molecule has 3 aromatic heterocycles. The van der Waals surface area contributed by atoms with E-state index in [0.29, 0.717) is 4.60 Å². The van der Waals surface area contributed by atoms with E-state index in [1.165, 1.54) is 19.6 Å². The SMILES string of the molecule is CNS(=O)(=O)O[C@@H]1C[C@H](Nc2ncncc2C(=O)c2ccn([C@H](C)c3cccc(Br)n3)n2)C[C@@H]1O. The molecule has 12 nitrogen and oxygen atoms in total. The summed E-state index contributed by atoms with van der Waals surface area (Å²) in [5.41, 5.74) is 1.19. The van der Waals surface area contributed by atoms with Gasteiger partial charge in [-0.15, -0.1) is 0 Å². The smallest absolute Gasteiger partial charge is 0.335 e. The summed E-state index contributed by atoms with van der Waals surface area (Å²) in [6, 6.07) is 6.62. The molecule has 35 heavy (non-hydrogen) atoms. The van der Waals surface area contributed by atoms with Gasteiger partial charge < -0.3 is 10.4 Å². The Morgan fingerprint density at radius 3 is 2.86 bits per heavy atom. The second kappa shape index (κ2) is 10.5. The van der Waals surface area contributed by atoms with Crippen LogP contribution in [0.15, 0.2) is 47.6 Å². The number of halogens is 1. The summed E-state index contributed by atoms with van der Waals surface area (Å²) in [6.07, 6.45) is 2.88. The second-order valence-corrected chi connectivity index (χ2v) is 10.4. The third-order valence-corrected chi connectivity index (χ3v) is 7.11. The fourth-order valence-corrected chi connectivity index (χ4v) is 4.80. The van der Waals surface area contributed by atoms with Gasteiger partial charge in [0.1, 0.15) is 28.5 Å². The lowest BCUT2D eigenvalue weighted by atomic mass is 10.1. The van der Waals surface area contributed by atoms with Crippen molar-refractivity contribution in [3.63, 3.8) is 0 Å². The molecule has 1 aliphatic rings. The predicted octanol–water partition coefficient (Wildman–Crippen LogP) is 1.46. The lowest BCUT2D eigenvalue weighted by Crippen LogP contribution is -2.31. The van der Waals surface area contributed by atoms with Crippen LogP contribution in [0, 0.1) is 0 Å². The predicted molar refractivity (Wildman–Crippen MR) is 129 cm³/mol. The van der Waals surface area contributed by atoms with E-state index in [1.54, 1.807) is 16.9 Å². The minimum atomic E-state index is -3.95. The van der Waals surface area contributed by atoms with Gasteiger partial charge in [0, 0.05) is 25.5 Å². The molecule has 3 aromatic rings. The van der Waals surface area contributed by atoms with E-state index in [2.05, 4.69) is 46.0 Å². The highest BCUT2D eigenvalue weighted by molar-refractivity contribution is 9.10. The van der Waals surface area contributed by atoms with Crippen LogP contribution in [-0.4, -0.2) is 69.3 Å². The molecule has 1 fully saturated rings. The van der Waals surface area contributed by atoms with Crippen LogP contribution in [0.4, 0.5) is 5.82 Å². The minimum Gasteiger partial charge on any atom is -0.390 e. The summed E-state index contributed by atoms with van der Waals surface area (Å²) in [7, 11) is -2.73. The molecule has 186 valence electrons. The summed E-state index contributed by atoms with van der Waals surface area (Å²) in [6.45, 7) is 1.92. The van der Waals surface area contributed by atoms with E-state index in [1.807, 2.05) is 25.1 Å². The summed E-state index contributed by atoms with van der Waals surface area (Å²) in [5, 5.41) is 17.8. The van der Waals surface area contributed by atoms with Crippen LogP contribution < -0.4 is 10.0 Å². The summed E-state index contributed by atoms with van der Waals surface area (Å²) in [5.74, 6) is -0.124. The number of rotatable bonds is 9. The molecular weight excluding hydrogens is 542 g/mol. The summed E-state index contributed by atoms with van der Waals surface area (Å²) < 4.78 is 32.8. The molecule has 0 aromatic carbocycles. The molecule has 3 N–H and O–H groups in total. The van der Waals surface area contributed by atoms with Gasteiger partial charge in [0.05, 0.1) is 23.4 Å². The Morgan fingerprint density at radius 2 is 2.11 bits per heavy atom.